The second-order valence-corrected chi connectivity index (χ2v) is 5.07. The zero-order chi connectivity index (χ0) is 14.4. The number of hydrogen-bond acceptors (Lipinski definition) is 4. The number of amides is 1. The molecule has 0 spiro atoms. The van der Waals surface area contributed by atoms with Crippen LogP contribution in [0.3, 0.4) is 0 Å². The summed E-state index contributed by atoms with van der Waals surface area (Å²) in [7, 11) is 0. The van der Waals surface area contributed by atoms with Gasteiger partial charge in [0.25, 0.3) is 5.91 Å². The van der Waals surface area contributed by atoms with Crippen molar-refractivity contribution < 1.29 is 24.2 Å². The molecule has 1 fully saturated rings. The van der Waals surface area contributed by atoms with Gasteiger partial charge in [0.2, 0.25) is 0 Å². The van der Waals surface area contributed by atoms with E-state index in [0.29, 0.717) is 5.92 Å². The second kappa shape index (κ2) is 7.11. The predicted octanol–water partition coefficient (Wildman–Crippen LogP) is 1.09. The highest BCUT2D eigenvalue weighted by Crippen LogP contribution is 2.23. The lowest BCUT2D eigenvalue weighted by atomic mass is 9.86. The Morgan fingerprint density at radius 2 is 1.95 bits per heavy atom. The van der Waals surface area contributed by atoms with Crippen molar-refractivity contribution in [2.45, 2.75) is 58.1 Å². The minimum Gasteiger partial charge on any atom is -0.481 e. The van der Waals surface area contributed by atoms with Gasteiger partial charge in [-0.15, -0.1) is 0 Å². The van der Waals surface area contributed by atoms with E-state index in [1.165, 1.54) is 0 Å². The third-order valence-electron chi connectivity index (χ3n) is 3.40. The summed E-state index contributed by atoms with van der Waals surface area (Å²) >= 11 is 0. The van der Waals surface area contributed by atoms with Crippen LogP contribution in [0.4, 0.5) is 0 Å². The van der Waals surface area contributed by atoms with Gasteiger partial charge in [-0.05, 0) is 18.8 Å². The Bertz CT molecular complexity index is 339. The highest BCUT2D eigenvalue weighted by atomic mass is 16.5. The predicted molar refractivity (Wildman–Crippen MR) is 67.4 cm³/mol. The van der Waals surface area contributed by atoms with Crippen molar-refractivity contribution in [3.05, 3.63) is 0 Å². The number of esters is 1. The molecule has 3 atom stereocenters. The van der Waals surface area contributed by atoms with E-state index in [-0.39, 0.29) is 6.04 Å². The molecule has 19 heavy (non-hydrogen) atoms. The van der Waals surface area contributed by atoms with Gasteiger partial charge in [0.1, 0.15) is 0 Å². The fraction of sp³-hybridized carbons (Fsp3) is 0.769. The second-order valence-electron chi connectivity index (χ2n) is 5.07. The lowest BCUT2D eigenvalue weighted by molar-refractivity contribution is -0.158. The number of carbonyl (C=O) groups is 3. The molecule has 0 aliphatic heterocycles. The maximum atomic E-state index is 12.0. The topological polar surface area (TPSA) is 92.7 Å². The zero-order valence-electron chi connectivity index (χ0n) is 11.3. The van der Waals surface area contributed by atoms with Gasteiger partial charge in [-0.2, -0.15) is 0 Å². The molecule has 1 amide bonds. The fourth-order valence-corrected chi connectivity index (χ4v) is 2.35. The van der Waals surface area contributed by atoms with E-state index in [9.17, 15) is 14.4 Å². The molecule has 6 nitrogen and oxygen atoms in total. The number of carboxylic acids is 1. The minimum atomic E-state index is -1.25. The van der Waals surface area contributed by atoms with Crippen LogP contribution in [-0.2, 0) is 19.1 Å². The van der Waals surface area contributed by atoms with E-state index in [2.05, 4.69) is 12.2 Å². The van der Waals surface area contributed by atoms with Gasteiger partial charge in [-0.3, -0.25) is 14.4 Å². The van der Waals surface area contributed by atoms with Crippen LogP contribution < -0.4 is 5.32 Å². The van der Waals surface area contributed by atoms with Crippen LogP contribution >= 0.6 is 0 Å². The first-order valence-corrected chi connectivity index (χ1v) is 6.59. The Hall–Kier alpha value is -1.59. The first-order chi connectivity index (χ1) is 8.90. The molecule has 1 aliphatic rings. The Balaban J connectivity index is 2.59. The van der Waals surface area contributed by atoms with Gasteiger partial charge in [-0.25, -0.2) is 0 Å². The molecule has 0 unspecified atom stereocenters. The Labute approximate surface area is 112 Å². The Morgan fingerprint density at radius 3 is 2.47 bits per heavy atom. The third kappa shape index (κ3) is 5.28. The summed E-state index contributed by atoms with van der Waals surface area (Å²) in [6.07, 6.45) is 2.37. The molecule has 0 radical (unpaired) electrons. The van der Waals surface area contributed by atoms with E-state index in [0.717, 1.165) is 32.6 Å². The van der Waals surface area contributed by atoms with Crippen molar-refractivity contribution in [1.82, 2.24) is 5.32 Å². The summed E-state index contributed by atoms with van der Waals surface area (Å²) in [6.45, 7) is 3.22. The number of carbonyl (C=O) groups excluding carboxylic acids is 2. The summed E-state index contributed by atoms with van der Waals surface area (Å²) in [5.41, 5.74) is 0. The molecule has 0 aromatic rings. The van der Waals surface area contributed by atoms with Gasteiger partial charge < -0.3 is 15.2 Å². The maximum Gasteiger partial charge on any atom is 0.307 e. The summed E-state index contributed by atoms with van der Waals surface area (Å²) in [5.74, 6) is -1.98. The molecule has 0 aromatic heterocycles. The normalized spacial score (nSPS) is 24.3. The van der Waals surface area contributed by atoms with Crippen LogP contribution in [0, 0.1) is 5.92 Å². The number of ether oxygens (including phenoxy) is 1. The van der Waals surface area contributed by atoms with Gasteiger partial charge in [-0.1, -0.05) is 19.8 Å². The van der Waals surface area contributed by atoms with E-state index in [1.807, 2.05) is 0 Å². The van der Waals surface area contributed by atoms with Crippen LogP contribution in [0.5, 0.6) is 0 Å². The van der Waals surface area contributed by atoms with Gasteiger partial charge in [0.05, 0.1) is 6.42 Å². The zero-order valence-corrected chi connectivity index (χ0v) is 11.3. The first-order valence-electron chi connectivity index (χ1n) is 6.59. The van der Waals surface area contributed by atoms with Crippen LogP contribution in [0.15, 0.2) is 0 Å². The molecule has 1 saturated carbocycles. The minimum absolute atomic E-state index is 0.0353. The highest BCUT2D eigenvalue weighted by molar-refractivity contribution is 5.87. The highest BCUT2D eigenvalue weighted by Gasteiger charge is 2.29. The number of carboxylic acid groups (broad SMARTS) is 1. The van der Waals surface area contributed by atoms with Crippen molar-refractivity contribution in [3.8, 4) is 0 Å². The molecule has 108 valence electrons. The van der Waals surface area contributed by atoms with Gasteiger partial charge in [0, 0.05) is 13.0 Å². The molecule has 0 aromatic carbocycles. The van der Waals surface area contributed by atoms with Crippen molar-refractivity contribution in [3.63, 3.8) is 0 Å². The van der Waals surface area contributed by atoms with Crippen LogP contribution in [0.25, 0.3) is 0 Å². The summed E-state index contributed by atoms with van der Waals surface area (Å²) < 4.78 is 4.77. The Kier molecular flexibility index (Phi) is 5.79. The number of nitrogens with one attached hydrogen (secondary N) is 1. The monoisotopic (exact) mass is 271 g/mol. The van der Waals surface area contributed by atoms with Gasteiger partial charge >= 0.3 is 11.9 Å². The molecule has 1 aliphatic carbocycles. The number of rotatable bonds is 5. The lowest BCUT2D eigenvalue weighted by Crippen LogP contribution is -2.47. The molecule has 1 rings (SSSR count). The summed E-state index contributed by atoms with van der Waals surface area (Å²) in [5, 5.41) is 11.5. The molecule has 0 heterocycles. The average molecular weight is 271 g/mol. The molecule has 0 bridgehead atoms. The number of hydrogen-bond donors (Lipinski definition) is 2. The SMILES string of the molecule is CC(=O)O[C@H](CC(=O)O)C(=O)N[C@@H]1CCCC[C@@H]1C. The fourth-order valence-electron chi connectivity index (χ4n) is 2.35. The molecule has 2 N–H and O–H groups in total. The van der Waals surface area contributed by atoms with Crippen LogP contribution in [0.1, 0.15) is 46.0 Å². The molecular formula is C13H21NO5. The Morgan fingerprint density at radius 1 is 1.32 bits per heavy atom. The summed E-state index contributed by atoms with van der Waals surface area (Å²) in [4.78, 5) is 33.6. The van der Waals surface area contributed by atoms with Crippen LogP contribution in [0.2, 0.25) is 0 Å². The average Bonchev–Trinajstić information content (AvgIpc) is 2.30. The van der Waals surface area contributed by atoms with Gasteiger partial charge in [0.15, 0.2) is 6.10 Å². The smallest absolute Gasteiger partial charge is 0.307 e. The van der Waals surface area contributed by atoms with Crippen molar-refractivity contribution in [2.24, 2.45) is 5.92 Å². The van der Waals surface area contributed by atoms with E-state index >= 15 is 0 Å². The van der Waals surface area contributed by atoms with E-state index in [4.69, 9.17) is 9.84 Å². The third-order valence-corrected chi connectivity index (χ3v) is 3.40. The van der Waals surface area contributed by atoms with Crippen molar-refractivity contribution in [1.29, 1.82) is 0 Å². The van der Waals surface area contributed by atoms with Crippen LogP contribution in [-0.4, -0.2) is 35.1 Å². The first kappa shape index (κ1) is 15.5. The molecule has 6 heteroatoms. The van der Waals surface area contributed by atoms with E-state index in [1.54, 1.807) is 0 Å². The number of aliphatic carboxylic acids is 1. The largest absolute Gasteiger partial charge is 0.481 e. The molecule has 0 saturated heterocycles. The lowest BCUT2D eigenvalue weighted by Gasteiger charge is -2.30. The maximum absolute atomic E-state index is 12.0. The summed E-state index contributed by atoms with van der Waals surface area (Å²) in [6, 6.07) is 0.0353. The van der Waals surface area contributed by atoms with Crippen molar-refractivity contribution >= 4 is 17.8 Å². The quantitative estimate of drug-likeness (QED) is 0.730. The molecular weight excluding hydrogens is 250 g/mol. The standard InChI is InChI=1S/C13H21NO5/c1-8-5-3-4-6-10(8)14-13(18)11(7-12(16)17)19-9(2)15/h8,10-11H,3-7H2,1-2H3,(H,14,18)(H,16,17)/t8-,10+,11+/m0/s1. The van der Waals surface area contributed by atoms with Crippen molar-refractivity contribution in [2.75, 3.05) is 0 Å². The van der Waals surface area contributed by atoms with E-state index < -0.39 is 30.4 Å².